The predicted molar refractivity (Wildman–Crippen MR) is 160 cm³/mol. The minimum Gasteiger partial charge on any atom is -0.408 e. The van der Waals surface area contributed by atoms with Crippen LogP contribution >= 0.6 is 0 Å². The third-order valence-corrected chi connectivity index (χ3v) is 8.56. The summed E-state index contributed by atoms with van der Waals surface area (Å²) in [4.78, 5) is 0. The van der Waals surface area contributed by atoms with Crippen LogP contribution in [-0.4, -0.2) is 31.7 Å². The zero-order valence-electron chi connectivity index (χ0n) is 21.3. The second-order valence-corrected chi connectivity index (χ2v) is 11.5. The molecular formula is C32H30O2Si2. The molecule has 178 valence electrons. The number of fused-ring (bicyclic) bond motifs is 4. The summed E-state index contributed by atoms with van der Waals surface area (Å²) in [6, 6.07) is 26.2. The van der Waals surface area contributed by atoms with Crippen molar-refractivity contribution in [2.24, 2.45) is 0 Å². The lowest BCUT2D eigenvalue weighted by molar-refractivity contribution is 0.260. The molecule has 36 heavy (non-hydrogen) atoms. The zero-order chi connectivity index (χ0) is 25.1. The summed E-state index contributed by atoms with van der Waals surface area (Å²) in [6.07, 6.45) is 0.429. The quantitative estimate of drug-likeness (QED) is 0.172. The van der Waals surface area contributed by atoms with Gasteiger partial charge in [-0.15, -0.1) is 0 Å². The van der Waals surface area contributed by atoms with Gasteiger partial charge in [-0.25, -0.2) is 0 Å². The van der Waals surface area contributed by atoms with E-state index in [1.54, 1.807) is 0 Å². The molecule has 0 aliphatic rings. The molecule has 0 unspecified atom stereocenters. The molecule has 0 fully saturated rings. The third kappa shape index (κ3) is 5.09. The average molecular weight is 503 g/mol. The molecule has 0 spiro atoms. The standard InChI is InChI=1S/C32H30O2Si2/c1-21(2)33-35-15-13-29-27-11-7-8-12-28(27)30(14-16-36-34-22(3)4)32-20-26-18-24-10-6-5-9-23(24)17-25(26)19-31(29)32/h5-12,17-22H,35-36H2,1-4H3. The largest absolute Gasteiger partial charge is 0.408 e. The molecule has 2 nitrogen and oxygen atoms in total. The fraction of sp³-hybridized carbons (Fsp3) is 0.188. The molecule has 5 aromatic rings. The van der Waals surface area contributed by atoms with Crippen molar-refractivity contribution in [3.8, 4) is 22.9 Å². The summed E-state index contributed by atoms with van der Waals surface area (Å²) >= 11 is 0. The highest BCUT2D eigenvalue weighted by molar-refractivity contribution is 6.39. The molecular weight excluding hydrogens is 473 g/mol. The molecule has 5 rings (SSSR count). The van der Waals surface area contributed by atoms with Gasteiger partial charge in [0.05, 0.1) is 0 Å². The second kappa shape index (κ2) is 10.7. The van der Waals surface area contributed by atoms with Gasteiger partial charge in [0.1, 0.15) is 0 Å². The highest BCUT2D eigenvalue weighted by atomic mass is 28.2. The van der Waals surface area contributed by atoms with E-state index in [0.717, 1.165) is 32.7 Å². The molecule has 0 saturated carbocycles. The Balaban J connectivity index is 1.81. The van der Waals surface area contributed by atoms with Crippen molar-refractivity contribution in [1.82, 2.24) is 0 Å². The fourth-order valence-electron chi connectivity index (χ4n) is 4.55. The van der Waals surface area contributed by atoms with Crippen LogP contribution < -0.4 is 0 Å². The third-order valence-electron chi connectivity index (χ3n) is 6.25. The van der Waals surface area contributed by atoms with Gasteiger partial charge >= 0.3 is 0 Å². The Hall–Kier alpha value is -3.39. The first-order chi connectivity index (χ1) is 17.5. The van der Waals surface area contributed by atoms with Crippen molar-refractivity contribution in [1.29, 1.82) is 0 Å². The summed E-state index contributed by atoms with van der Waals surface area (Å²) in [7, 11) is -1.83. The molecule has 5 aromatic carbocycles. The summed E-state index contributed by atoms with van der Waals surface area (Å²) in [5.41, 5.74) is 8.93. The maximum absolute atomic E-state index is 5.85. The van der Waals surface area contributed by atoms with Gasteiger partial charge in [0.15, 0.2) is 0 Å². The van der Waals surface area contributed by atoms with Gasteiger partial charge in [0.2, 0.25) is 19.5 Å². The molecule has 4 heteroatoms. The van der Waals surface area contributed by atoms with Crippen LogP contribution in [0.1, 0.15) is 38.8 Å². The molecule has 0 radical (unpaired) electrons. The lowest BCUT2D eigenvalue weighted by atomic mass is 9.90. The van der Waals surface area contributed by atoms with Gasteiger partial charge in [-0.1, -0.05) is 71.5 Å². The minimum absolute atomic E-state index is 0.214. The van der Waals surface area contributed by atoms with E-state index in [9.17, 15) is 0 Å². The fourth-order valence-corrected chi connectivity index (χ4v) is 5.88. The van der Waals surface area contributed by atoms with Crippen LogP contribution in [-0.2, 0) is 8.85 Å². The highest BCUT2D eigenvalue weighted by Gasteiger charge is 2.13. The topological polar surface area (TPSA) is 18.5 Å². The Morgan fingerprint density at radius 3 is 1.36 bits per heavy atom. The van der Waals surface area contributed by atoms with Crippen molar-refractivity contribution >= 4 is 62.6 Å². The first-order valence-corrected chi connectivity index (χ1v) is 15.1. The Kier molecular flexibility index (Phi) is 7.23. The highest BCUT2D eigenvalue weighted by Crippen LogP contribution is 2.36. The maximum atomic E-state index is 5.85. The van der Waals surface area contributed by atoms with Gasteiger partial charge in [-0.3, -0.25) is 0 Å². The molecule has 0 amide bonds. The molecule has 0 saturated heterocycles. The normalized spacial score (nSPS) is 11.9. The smallest absolute Gasteiger partial charge is 0.241 e. The van der Waals surface area contributed by atoms with E-state index < -0.39 is 19.5 Å². The van der Waals surface area contributed by atoms with Crippen LogP contribution in [0.25, 0.3) is 43.1 Å². The first kappa shape index (κ1) is 24.3. The van der Waals surface area contributed by atoms with E-state index in [1.807, 2.05) is 0 Å². The van der Waals surface area contributed by atoms with E-state index in [2.05, 4.69) is 123 Å². The van der Waals surface area contributed by atoms with E-state index >= 15 is 0 Å². The zero-order valence-corrected chi connectivity index (χ0v) is 24.1. The van der Waals surface area contributed by atoms with Crippen LogP contribution in [0.4, 0.5) is 0 Å². The van der Waals surface area contributed by atoms with Gasteiger partial charge in [0, 0.05) is 23.3 Å². The Bertz CT molecular complexity index is 1590. The number of hydrogen-bond donors (Lipinski definition) is 0. The van der Waals surface area contributed by atoms with E-state index in [0.29, 0.717) is 0 Å². The van der Waals surface area contributed by atoms with Crippen LogP contribution in [0.15, 0.2) is 72.8 Å². The van der Waals surface area contributed by atoms with Crippen molar-refractivity contribution in [2.75, 3.05) is 0 Å². The van der Waals surface area contributed by atoms with Crippen LogP contribution in [0.5, 0.6) is 0 Å². The molecule has 0 atom stereocenters. The predicted octanol–water partition coefficient (Wildman–Crippen LogP) is 5.94. The van der Waals surface area contributed by atoms with E-state index in [4.69, 9.17) is 8.85 Å². The van der Waals surface area contributed by atoms with Crippen molar-refractivity contribution < 1.29 is 8.85 Å². The summed E-state index contributed by atoms with van der Waals surface area (Å²) < 4.78 is 11.7. The molecule has 0 bridgehead atoms. The second-order valence-electron chi connectivity index (χ2n) is 9.56. The monoisotopic (exact) mass is 502 g/mol. The van der Waals surface area contributed by atoms with Gasteiger partial charge in [-0.05, 0) is 95.1 Å². The number of rotatable bonds is 4. The SMILES string of the molecule is CC(C)O[SiH2]C#Cc1c2ccccc2c(C#C[SiH2]OC(C)C)c2cc3cc4ccccc4cc3cc12. The van der Waals surface area contributed by atoms with Crippen molar-refractivity contribution in [2.45, 2.75) is 39.9 Å². The van der Waals surface area contributed by atoms with Crippen LogP contribution in [0, 0.1) is 22.9 Å². The molecule has 0 aromatic heterocycles. The van der Waals surface area contributed by atoms with E-state index in [-0.39, 0.29) is 12.2 Å². The van der Waals surface area contributed by atoms with Gasteiger partial charge in [0.25, 0.3) is 0 Å². The van der Waals surface area contributed by atoms with Crippen LogP contribution in [0.3, 0.4) is 0 Å². The Morgan fingerprint density at radius 1 is 0.528 bits per heavy atom. The lowest BCUT2D eigenvalue weighted by Gasteiger charge is -2.13. The summed E-state index contributed by atoms with van der Waals surface area (Å²) in [6.45, 7) is 8.26. The van der Waals surface area contributed by atoms with Gasteiger partial charge < -0.3 is 8.85 Å². The minimum atomic E-state index is -0.916. The molecule has 0 aliphatic carbocycles. The Labute approximate surface area is 217 Å². The van der Waals surface area contributed by atoms with Crippen molar-refractivity contribution in [3.05, 3.63) is 83.9 Å². The Morgan fingerprint density at radius 2 is 0.944 bits per heavy atom. The van der Waals surface area contributed by atoms with Gasteiger partial charge in [-0.2, -0.15) is 0 Å². The maximum Gasteiger partial charge on any atom is 0.241 e. The molecule has 0 heterocycles. The van der Waals surface area contributed by atoms with Crippen molar-refractivity contribution in [3.63, 3.8) is 0 Å². The number of hydrogen-bond acceptors (Lipinski definition) is 2. The molecule has 0 N–H and O–H groups in total. The average Bonchev–Trinajstić information content (AvgIpc) is 2.87. The van der Waals surface area contributed by atoms with Crippen LogP contribution in [0.2, 0.25) is 0 Å². The lowest BCUT2D eigenvalue weighted by Crippen LogP contribution is -2.05. The summed E-state index contributed by atoms with van der Waals surface area (Å²) in [5.74, 6) is 7.04. The molecule has 0 aliphatic heterocycles. The summed E-state index contributed by atoms with van der Waals surface area (Å²) in [5, 5.41) is 9.51. The van der Waals surface area contributed by atoms with E-state index in [1.165, 1.54) is 21.5 Å². The first-order valence-electron chi connectivity index (χ1n) is 12.5. The number of benzene rings is 5.